The van der Waals surface area contributed by atoms with Gasteiger partial charge in [-0.3, -0.25) is 9.59 Å². The topological polar surface area (TPSA) is 64.6 Å². The van der Waals surface area contributed by atoms with E-state index in [-0.39, 0.29) is 24.5 Å². The standard InChI is InChI=1S/C18H17Cl2NO4/c1-24-16-10-14(17(25-2)9-13(16)20)21-18(23)8-7-15(22)11-3-5-12(19)6-4-11/h3-6,9-10H,7-8H2,1-2H3,(H,21,23). The zero-order valence-electron chi connectivity index (χ0n) is 13.8. The highest BCUT2D eigenvalue weighted by atomic mass is 35.5. The number of hydrogen-bond donors (Lipinski definition) is 1. The van der Waals surface area contributed by atoms with Crippen molar-refractivity contribution in [3.63, 3.8) is 0 Å². The number of carbonyl (C=O) groups is 2. The van der Waals surface area contributed by atoms with E-state index in [1.807, 2.05) is 0 Å². The summed E-state index contributed by atoms with van der Waals surface area (Å²) in [6.45, 7) is 0. The lowest BCUT2D eigenvalue weighted by atomic mass is 10.1. The third kappa shape index (κ3) is 5.11. The number of ketones is 1. The van der Waals surface area contributed by atoms with Crippen molar-refractivity contribution >= 4 is 40.6 Å². The number of methoxy groups -OCH3 is 2. The number of amides is 1. The molecule has 2 aromatic rings. The molecule has 1 N–H and O–H groups in total. The summed E-state index contributed by atoms with van der Waals surface area (Å²) in [4.78, 5) is 24.2. The van der Waals surface area contributed by atoms with E-state index < -0.39 is 0 Å². The number of benzene rings is 2. The van der Waals surface area contributed by atoms with E-state index in [1.54, 1.807) is 36.4 Å². The van der Waals surface area contributed by atoms with Crippen molar-refractivity contribution in [1.82, 2.24) is 0 Å². The zero-order valence-corrected chi connectivity index (χ0v) is 15.3. The van der Waals surface area contributed by atoms with Gasteiger partial charge in [0.05, 0.1) is 24.9 Å². The molecule has 0 unspecified atom stereocenters. The summed E-state index contributed by atoms with van der Waals surface area (Å²) in [6.07, 6.45) is 0.121. The lowest BCUT2D eigenvalue weighted by Crippen LogP contribution is -2.14. The van der Waals surface area contributed by atoms with E-state index in [2.05, 4.69) is 5.32 Å². The van der Waals surface area contributed by atoms with Crippen molar-refractivity contribution in [3.05, 3.63) is 52.0 Å². The lowest BCUT2D eigenvalue weighted by molar-refractivity contribution is -0.116. The molecule has 0 heterocycles. The molecular formula is C18H17Cl2NO4. The van der Waals surface area contributed by atoms with Crippen LogP contribution in [0.2, 0.25) is 10.0 Å². The van der Waals surface area contributed by atoms with Crippen LogP contribution >= 0.6 is 23.2 Å². The third-order valence-corrected chi connectivity index (χ3v) is 4.04. The van der Waals surface area contributed by atoms with Gasteiger partial charge in [-0.1, -0.05) is 23.2 Å². The maximum Gasteiger partial charge on any atom is 0.224 e. The fraction of sp³-hybridized carbons (Fsp3) is 0.222. The maximum absolute atomic E-state index is 12.1. The summed E-state index contributed by atoms with van der Waals surface area (Å²) >= 11 is 11.8. The Bertz CT molecular complexity index is 775. The zero-order chi connectivity index (χ0) is 18.4. The smallest absolute Gasteiger partial charge is 0.224 e. The Balaban J connectivity index is 2.00. The first-order chi connectivity index (χ1) is 11.9. The molecule has 0 aliphatic carbocycles. The lowest BCUT2D eigenvalue weighted by Gasteiger charge is -2.13. The molecule has 7 heteroatoms. The Labute approximate surface area is 155 Å². The van der Waals surface area contributed by atoms with Gasteiger partial charge in [-0.2, -0.15) is 0 Å². The Kier molecular flexibility index (Phi) is 6.67. The molecule has 2 rings (SSSR count). The van der Waals surface area contributed by atoms with Gasteiger partial charge in [0.25, 0.3) is 0 Å². The molecule has 0 atom stereocenters. The normalized spacial score (nSPS) is 10.2. The van der Waals surface area contributed by atoms with Crippen LogP contribution in [0.4, 0.5) is 5.69 Å². The number of halogens is 2. The fourth-order valence-corrected chi connectivity index (χ4v) is 2.53. The van der Waals surface area contributed by atoms with Gasteiger partial charge in [0.2, 0.25) is 5.91 Å². The Morgan fingerprint density at radius 1 is 0.960 bits per heavy atom. The van der Waals surface area contributed by atoms with Crippen LogP contribution in [0, 0.1) is 0 Å². The van der Waals surface area contributed by atoms with Crippen LogP contribution in [0.25, 0.3) is 0 Å². The molecule has 0 spiro atoms. The van der Waals surface area contributed by atoms with Crippen molar-refractivity contribution in [2.45, 2.75) is 12.8 Å². The average molecular weight is 382 g/mol. The van der Waals surface area contributed by atoms with Gasteiger partial charge in [0.1, 0.15) is 11.5 Å². The number of ether oxygens (including phenoxy) is 2. The largest absolute Gasteiger partial charge is 0.495 e. The van der Waals surface area contributed by atoms with Gasteiger partial charge in [-0.15, -0.1) is 0 Å². The number of rotatable bonds is 7. The molecular weight excluding hydrogens is 365 g/mol. The van der Waals surface area contributed by atoms with Crippen LogP contribution in [0.15, 0.2) is 36.4 Å². The van der Waals surface area contributed by atoms with Crippen LogP contribution in [-0.2, 0) is 4.79 Å². The monoisotopic (exact) mass is 381 g/mol. The summed E-state index contributed by atoms with van der Waals surface area (Å²) < 4.78 is 10.3. The molecule has 25 heavy (non-hydrogen) atoms. The molecule has 0 fully saturated rings. The van der Waals surface area contributed by atoms with Gasteiger partial charge >= 0.3 is 0 Å². The summed E-state index contributed by atoms with van der Waals surface area (Å²) in [5.41, 5.74) is 0.940. The minimum atomic E-state index is -0.315. The molecule has 0 aliphatic heterocycles. The SMILES string of the molecule is COc1cc(NC(=O)CCC(=O)c2ccc(Cl)cc2)c(OC)cc1Cl. The highest BCUT2D eigenvalue weighted by Gasteiger charge is 2.14. The Morgan fingerprint density at radius 3 is 2.20 bits per heavy atom. The van der Waals surface area contributed by atoms with Crippen molar-refractivity contribution < 1.29 is 19.1 Å². The van der Waals surface area contributed by atoms with Gasteiger partial charge in [-0.05, 0) is 24.3 Å². The second-order valence-electron chi connectivity index (χ2n) is 5.17. The Hall–Kier alpha value is -2.24. The minimum absolute atomic E-state index is 0.0373. The summed E-state index contributed by atoms with van der Waals surface area (Å²) in [5.74, 6) is 0.371. The molecule has 0 saturated heterocycles. The average Bonchev–Trinajstić information content (AvgIpc) is 2.61. The van der Waals surface area contributed by atoms with Crippen molar-refractivity contribution in [2.75, 3.05) is 19.5 Å². The molecule has 132 valence electrons. The van der Waals surface area contributed by atoms with E-state index in [4.69, 9.17) is 32.7 Å². The predicted octanol–water partition coefficient (Wildman–Crippen LogP) is 4.61. The van der Waals surface area contributed by atoms with E-state index >= 15 is 0 Å². The van der Waals surface area contributed by atoms with Crippen LogP contribution in [0.3, 0.4) is 0 Å². The van der Waals surface area contributed by atoms with Crippen LogP contribution < -0.4 is 14.8 Å². The van der Waals surface area contributed by atoms with Crippen molar-refractivity contribution in [3.8, 4) is 11.5 Å². The highest BCUT2D eigenvalue weighted by Crippen LogP contribution is 2.35. The summed E-state index contributed by atoms with van der Waals surface area (Å²) in [7, 11) is 2.95. The third-order valence-electron chi connectivity index (χ3n) is 3.49. The number of carbonyl (C=O) groups excluding carboxylic acids is 2. The number of hydrogen-bond acceptors (Lipinski definition) is 4. The van der Waals surface area contributed by atoms with Crippen LogP contribution in [0.1, 0.15) is 23.2 Å². The first-order valence-electron chi connectivity index (χ1n) is 7.44. The highest BCUT2D eigenvalue weighted by molar-refractivity contribution is 6.32. The molecule has 0 bridgehead atoms. The molecule has 0 radical (unpaired) electrons. The molecule has 5 nitrogen and oxygen atoms in total. The molecule has 1 amide bonds. The van der Waals surface area contributed by atoms with E-state index in [1.165, 1.54) is 14.2 Å². The number of nitrogens with one attached hydrogen (secondary N) is 1. The number of Topliss-reactive ketones (excluding diaryl/α,β-unsaturated/α-hetero) is 1. The fourth-order valence-electron chi connectivity index (χ4n) is 2.18. The molecule has 0 saturated carbocycles. The quantitative estimate of drug-likeness (QED) is 0.711. The van der Waals surface area contributed by atoms with Gasteiger partial charge in [0, 0.05) is 35.6 Å². The van der Waals surface area contributed by atoms with Crippen LogP contribution in [-0.4, -0.2) is 25.9 Å². The first kappa shape index (κ1) is 19.1. The minimum Gasteiger partial charge on any atom is -0.495 e. The van der Waals surface area contributed by atoms with E-state index in [0.29, 0.717) is 32.8 Å². The first-order valence-corrected chi connectivity index (χ1v) is 8.20. The van der Waals surface area contributed by atoms with E-state index in [9.17, 15) is 9.59 Å². The Morgan fingerprint density at radius 2 is 1.60 bits per heavy atom. The van der Waals surface area contributed by atoms with Gasteiger partial charge < -0.3 is 14.8 Å². The molecule has 0 aliphatic rings. The summed E-state index contributed by atoms with van der Waals surface area (Å²) in [5, 5.41) is 3.63. The summed E-state index contributed by atoms with van der Waals surface area (Å²) in [6, 6.07) is 9.67. The van der Waals surface area contributed by atoms with E-state index in [0.717, 1.165) is 0 Å². The van der Waals surface area contributed by atoms with Crippen molar-refractivity contribution in [1.29, 1.82) is 0 Å². The van der Waals surface area contributed by atoms with Crippen molar-refractivity contribution in [2.24, 2.45) is 0 Å². The molecule has 2 aromatic carbocycles. The second-order valence-corrected chi connectivity index (χ2v) is 6.01. The maximum atomic E-state index is 12.1. The molecule has 0 aromatic heterocycles. The number of anilines is 1. The second kappa shape index (κ2) is 8.74. The van der Waals surface area contributed by atoms with Crippen LogP contribution in [0.5, 0.6) is 11.5 Å². The van der Waals surface area contributed by atoms with Gasteiger partial charge in [-0.25, -0.2) is 0 Å². The predicted molar refractivity (Wildman–Crippen MR) is 98.2 cm³/mol. The van der Waals surface area contributed by atoms with Gasteiger partial charge in [0.15, 0.2) is 5.78 Å².